The van der Waals surface area contributed by atoms with Crippen molar-refractivity contribution < 1.29 is 43.5 Å². The Morgan fingerprint density at radius 2 is 1.80 bits per heavy atom. The number of hydrogen-bond donors (Lipinski definition) is 4. The number of carbonyl (C=O) groups excluding carboxylic acids is 2. The number of hydrazone groups is 1. The summed E-state index contributed by atoms with van der Waals surface area (Å²) in [7, 11) is 1.67. The van der Waals surface area contributed by atoms with E-state index in [1.807, 2.05) is 27.7 Å². The highest BCUT2D eigenvalue weighted by Gasteiger charge is 2.75. The highest BCUT2D eigenvalue weighted by molar-refractivity contribution is 6.06. The first-order valence-corrected chi connectivity index (χ1v) is 16.1. The Morgan fingerprint density at radius 1 is 1.13 bits per heavy atom. The fourth-order valence-corrected chi connectivity index (χ4v) is 8.62. The number of allylic oxidation sites excluding steroid dienone is 4. The molecule has 0 aliphatic heterocycles. The molecule has 3 saturated carbocycles. The van der Waals surface area contributed by atoms with Crippen LogP contribution in [0, 0.1) is 28.6 Å². The van der Waals surface area contributed by atoms with Gasteiger partial charge in [0.2, 0.25) is 0 Å². The second kappa shape index (κ2) is 12.4. The van der Waals surface area contributed by atoms with Gasteiger partial charge in [-0.3, -0.25) is 4.79 Å². The monoisotopic (exact) mass is 636 g/mol. The quantitative estimate of drug-likeness (QED) is 0.244. The van der Waals surface area contributed by atoms with Gasteiger partial charge in [0.1, 0.15) is 12.2 Å². The van der Waals surface area contributed by atoms with Crippen LogP contribution in [-0.2, 0) is 19.0 Å². The van der Waals surface area contributed by atoms with Crippen molar-refractivity contribution in [2.24, 2.45) is 33.7 Å². The molecule has 1 amide bonds. The summed E-state index contributed by atoms with van der Waals surface area (Å²) in [5.74, 6) is -2.12. The van der Waals surface area contributed by atoms with E-state index in [2.05, 4.69) is 10.5 Å². The van der Waals surface area contributed by atoms with Crippen LogP contribution in [0.15, 0.2) is 28.9 Å². The van der Waals surface area contributed by atoms with E-state index in [4.69, 9.17) is 14.2 Å². The van der Waals surface area contributed by atoms with Gasteiger partial charge in [0, 0.05) is 30.3 Å². The molecule has 0 radical (unpaired) electrons. The molecular weight excluding hydrogens is 583 g/mol. The summed E-state index contributed by atoms with van der Waals surface area (Å²) in [5.41, 5.74) is -3.28. The van der Waals surface area contributed by atoms with Crippen molar-refractivity contribution in [3.63, 3.8) is 0 Å². The van der Waals surface area contributed by atoms with Crippen LogP contribution in [0.4, 0.5) is 9.18 Å². The fraction of sp³-hybridized carbons (Fsp3) is 0.794. The Labute approximate surface area is 266 Å². The Hall–Kier alpha value is -2.18. The van der Waals surface area contributed by atoms with Crippen LogP contribution in [-0.4, -0.2) is 88.4 Å². The van der Waals surface area contributed by atoms with Crippen LogP contribution < -0.4 is 5.43 Å². The van der Waals surface area contributed by atoms with Crippen molar-refractivity contribution in [2.75, 3.05) is 26.9 Å². The van der Waals surface area contributed by atoms with Gasteiger partial charge in [0.05, 0.1) is 36.2 Å². The number of Topliss-reactive ketones (excluding diaryl/α,β-unsaturated/α-hetero) is 1. The molecule has 0 aromatic rings. The molecule has 0 saturated heterocycles. The minimum atomic E-state index is -2.04. The molecule has 254 valence electrons. The van der Waals surface area contributed by atoms with Gasteiger partial charge in [-0.2, -0.15) is 5.10 Å². The van der Waals surface area contributed by atoms with Gasteiger partial charge < -0.3 is 29.5 Å². The SMILES string of the molecule is COC(C)(C)CCOC(C)(C)CCOC(=O)N/N=C1\C=C[C@@]2(C)C(=C1)CC[C@H]1[C@@H]3C[C@@H](C)[C@](O)(C(=O)CO)[C@@]3(C)C[C@H](O)[C@@]12F. The lowest BCUT2D eigenvalue weighted by atomic mass is 9.44. The molecule has 0 bridgehead atoms. The number of ether oxygens (including phenoxy) is 3. The minimum Gasteiger partial charge on any atom is -0.448 e. The van der Waals surface area contributed by atoms with E-state index in [-0.39, 0.29) is 24.5 Å². The molecule has 8 atom stereocenters. The summed E-state index contributed by atoms with van der Waals surface area (Å²) < 4.78 is 34.2. The van der Waals surface area contributed by atoms with Crippen LogP contribution in [0.1, 0.15) is 87.0 Å². The molecule has 4 aliphatic carbocycles. The summed E-state index contributed by atoms with van der Waals surface area (Å²) in [4.78, 5) is 25.2. The largest absolute Gasteiger partial charge is 0.448 e. The molecule has 45 heavy (non-hydrogen) atoms. The third-order valence-electron chi connectivity index (χ3n) is 11.8. The lowest BCUT2D eigenvalue weighted by molar-refractivity contribution is -0.219. The van der Waals surface area contributed by atoms with Crippen LogP contribution >= 0.6 is 0 Å². The molecule has 11 heteroatoms. The van der Waals surface area contributed by atoms with E-state index in [1.165, 1.54) is 0 Å². The number of fused-ring (bicyclic) bond motifs is 5. The number of nitrogens with zero attached hydrogens (tertiary/aromatic N) is 1. The molecule has 0 aromatic carbocycles. The minimum absolute atomic E-state index is 0.102. The van der Waals surface area contributed by atoms with Crippen LogP contribution in [0.25, 0.3) is 0 Å². The van der Waals surface area contributed by atoms with Crippen molar-refractivity contribution >= 4 is 17.6 Å². The highest BCUT2D eigenvalue weighted by atomic mass is 19.1. The summed E-state index contributed by atoms with van der Waals surface area (Å²) in [6.45, 7) is 13.0. The molecule has 3 fully saturated rings. The Kier molecular flexibility index (Phi) is 9.87. The van der Waals surface area contributed by atoms with Crippen LogP contribution in [0.3, 0.4) is 0 Å². The summed E-state index contributed by atoms with van der Waals surface area (Å²) >= 11 is 0. The maximum Gasteiger partial charge on any atom is 0.427 e. The van der Waals surface area contributed by atoms with Crippen molar-refractivity contribution in [3.05, 3.63) is 23.8 Å². The zero-order valence-corrected chi connectivity index (χ0v) is 28.1. The Bertz CT molecular complexity index is 1250. The number of methoxy groups -OCH3 is 1. The zero-order valence-electron chi connectivity index (χ0n) is 28.1. The van der Waals surface area contributed by atoms with Crippen LogP contribution in [0.2, 0.25) is 0 Å². The summed E-state index contributed by atoms with van der Waals surface area (Å²) in [5, 5.41) is 36.9. The lowest BCUT2D eigenvalue weighted by Gasteiger charge is -2.62. The van der Waals surface area contributed by atoms with E-state index in [9.17, 15) is 24.9 Å². The third kappa shape index (κ3) is 6.04. The summed E-state index contributed by atoms with van der Waals surface area (Å²) in [6.07, 6.45) is 5.41. The van der Waals surface area contributed by atoms with E-state index >= 15 is 4.39 Å². The average molecular weight is 637 g/mol. The number of aliphatic hydroxyl groups is 3. The van der Waals surface area contributed by atoms with E-state index in [0.29, 0.717) is 38.0 Å². The molecule has 10 nitrogen and oxygen atoms in total. The van der Waals surface area contributed by atoms with Gasteiger partial charge in [-0.1, -0.05) is 25.5 Å². The number of hydrogen-bond acceptors (Lipinski definition) is 9. The van der Waals surface area contributed by atoms with Gasteiger partial charge in [-0.05, 0) is 90.7 Å². The Balaban J connectivity index is 1.40. The standard InChI is InChI=1S/C34H53FN2O8/c1-21-17-25-24-10-9-22-18-23(36-37-28(41)44-15-13-30(4,5)45-16-14-29(2,3)43-8)11-12-31(22,6)33(24,35)26(39)19-32(25,7)34(21,42)27(40)20-38/h11-12,18,21,24-26,38-39,42H,9-10,13-17,19-20H2,1-8H3,(H,37,41)/b36-23+/t21-,24+,25+,26+,31+,32+,33+,34+/m1/s1. The molecule has 4 N–H and O–H groups in total. The first kappa shape index (κ1) is 35.7. The third-order valence-corrected chi connectivity index (χ3v) is 11.8. The van der Waals surface area contributed by atoms with E-state index in [0.717, 1.165) is 12.0 Å². The number of alkyl halides is 1. The van der Waals surface area contributed by atoms with Crippen molar-refractivity contribution in [1.82, 2.24) is 5.43 Å². The maximum absolute atomic E-state index is 17.5. The normalized spacial score (nSPS) is 38.7. The molecule has 4 aliphatic rings. The molecule has 0 spiro atoms. The van der Waals surface area contributed by atoms with E-state index < -0.39 is 64.1 Å². The first-order chi connectivity index (χ1) is 20.8. The number of aliphatic hydroxyl groups excluding tert-OH is 2. The van der Waals surface area contributed by atoms with Gasteiger partial charge in [-0.25, -0.2) is 14.6 Å². The highest BCUT2D eigenvalue weighted by Crippen LogP contribution is 2.70. The number of halogens is 1. The van der Waals surface area contributed by atoms with Gasteiger partial charge in [0.25, 0.3) is 0 Å². The number of amides is 1. The van der Waals surface area contributed by atoms with Gasteiger partial charge in [-0.15, -0.1) is 0 Å². The number of nitrogens with one attached hydrogen (secondary N) is 1. The smallest absolute Gasteiger partial charge is 0.427 e. The lowest BCUT2D eigenvalue weighted by Crippen LogP contribution is -2.69. The van der Waals surface area contributed by atoms with E-state index in [1.54, 1.807) is 46.1 Å². The van der Waals surface area contributed by atoms with Crippen LogP contribution in [0.5, 0.6) is 0 Å². The molecule has 0 aromatic heterocycles. The second-order valence-corrected chi connectivity index (χ2v) is 15.2. The van der Waals surface area contributed by atoms with Crippen molar-refractivity contribution in [3.8, 4) is 0 Å². The summed E-state index contributed by atoms with van der Waals surface area (Å²) in [6, 6.07) is 0. The molecule has 4 rings (SSSR count). The Morgan fingerprint density at radius 3 is 2.44 bits per heavy atom. The molecular formula is C34H53FN2O8. The van der Waals surface area contributed by atoms with Crippen molar-refractivity contribution in [2.45, 2.75) is 116 Å². The fourth-order valence-electron chi connectivity index (χ4n) is 8.62. The topological polar surface area (TPSA) is 147 Å². The van der Waals surface area contributed by atoms with Gasteiger partial charge >= 0.3 is 6.09 Å². The predicted octanol–water partition coefficient (Wildman–Crippen LogP) is 4.41. The number of ketones is 1. The molecule has 0 unspecified atom stereocenters. The second-order valence-electron chi connectivity index (χ2n) is 15.2. The van der Waals surface area contributed by atoms with Gasteiger partial charge in [0.15, 0.2) is 11.5 Å². The zero-order chi connectivity index (χ0) is 33.6. The predicted molar refractivity (Wildman–Crippen MR) is 167 cm³/mol. The maximum atomic E-state index is 17.5. The first-order valence-electron chi connectivity index (χ1n) is 16.1. The number of rotatable bonds is 11. The average Bonchev–Trinajstić information content (AvgIpc) is 3.17. The number of carbonyl (C=O) groups is 2. The molecule has 0 heterocycles. The van der Waals surface area contributed by atoms with Crippen molar-refractivity contribution in [1.29, 1.82) is 0 Å².